The zero-order chi connectivity index (χ0) is 14.6. The molecule has 8 heteroatoms. The summed E-state index contributed by atoms with van der Waals surface area (Å²) in [6.07, 6.45) is 0.170. The smallest absolute Gasteiger partial charge is 0.326 e. The Morgan fingerprint density at radius 3 is 2.58 bits per heavy atom. The number of rotatable bonds is 6. The zero-order valence-corrected chi connectivity index (χ0v) is 12.0. The van der Waals surface area contributed by atoms with Gasteiger partial charge in [0.15, 0.2) is 0 Å². The molecule has 1 atom stereocenters. The van der Waals surface area contributed by atoms with E-state index in [0.717, 1.165) is 0 Å². The predicted octanol–water partition coefficient (Wildman–Crippen LogP) is 1.55. The van der Waals surface area contributed by atoms with Crippen LogP contribution in [0.1, 0.15) is 16.9 Å². The molecule has 0 aliphatic heterocycles. The van der Waals surface area contributed by atoms with Crippen molar-refractivity contribution in [1.29, 1.82) is 0 Å². The topological polar surface area (TPSA) is 80.6 Å². The van der Waals surface area contributed by atoms with Gasteiger partial charge in [-0.2, -0.15) is 0 Å². The van der Waals surface area contributed by atoms with Crippen molar-refractivity contribution < 1.29 is 19.4 Å². The fourth-order valence-electron chi connectivity index (χ4n) is 1.49. The molecule has 6 nitrogen and oxygen atoms in total. The summed E-state index contributed by atoms with van der Waals surface area (Å²) in [5.41, 5.74) is 0.193. The summed E-state index contributed by atoms with van der Waals surface area (Å²) in [5.74, 6) is -1.68. The third-order valence-corrected chi connectivity index (χ3v) is 3.41. The van der Waals surface area contributed by atoms with E-state index in [9.17, 15) is 9.59 Å². The van der Waals surface area contributed by atoms with Crippen LogP contribution in [0.2, 0.25) is 10.2 Å². The Morgan fingerprint density at radius 1 is 1.53 bits per heavy atom. The lowest BCUT2D eigenvalue weighted by Gasteiger charge is -2.14. The van der Waals surface area contributed by atoms with Crippen molar-refractivity contribution >= 4 is 35.1 Å². The molecule has 0 saturated heterocycles. The number of carboxylic acids is 1. The van der Waals surface area contributed by atoms with E-state index >= 15 is 0 Å². The molecular formula is C11H14Cl2N2O4. The van der Waals surface area contributed by atoms with Crippen molar-refractivity contribution in [3.63, 3.8) is 0 Å². The van der Waals surface area contributed by atoms with Gasteiger partial charge in [-0.25, -0.2) is 4.79 Å². The molecule has 0 spiro atoms. The monoisotopic (exact) mass is 308 g/mol. The highest BCUT2D eigenvalue weighted by atomic mass is 35.5. The Bertz CT molecular complexity index is 487. The molecule has 106 valence electrons. The Labute approximate surface area is 120 Å². The predicted molar refractivity (Wildman–Crippen MR) is 70.8 cm³/mol. The first-order chi connectivity index (χ1) is 8.88. The Kier molecular flexibility index (Phi) is 5.65. The van der Waals surface area contributed by atoms with Crippen molar-refractivity contribution in [2.24, 2.45) is 7.05 Å². The molecule has 0 aromatic carbocycles. The lowest BCUT2D eigenvalue weighted by molar-refractivity contribution is -0.139. The number of methoxy groups -OCH3 is 1. The number of carbonyl (C=O) groups excluding carboxylic acids is 1. The molecule has 0 fully saturated rings. The minimum absolute atomic E-state index is 0.170. The van der Waals surface area contributed by atoms with Gasteiger partial charge in [-0.3, -0.25) is 4.79 Å². The molecule has 0 bridgehead atoms. The molecule has 19 heavy (non-hydrogen) atoms. The fraction of sp³-hybridized carbons (Fsp3) is 0.455. The van der Waals surface area contributed by atoms with Gasteiger partial charge >= 0.3 is 5.97 Å². The average Bonchev–Trinajstić information content (AvgIpc) is 2.61. The summed E-state index contributed by atoms with van der Waals surface area (Å²) in [6.45, 7) is 0.228. The van der Waals surface area contributed by atoms with Gasteiger partial charge in [0, 0.05) is 27.2 Å². The van der Waals surface area contributed by atoms with Crippen LogP contribution in [0, 0.1) is 0 Å². The van der Waals surface area contributed by atoms with Crippen LogP contribution in [0.15, 0.2) is 6.07 Å². The molecule has 0 radical (unpaired) electrons. The van der Waals surface area contributed by atoms with Crippen LogP contribution >= 0.6 is 23.2 Å². The summed E-state index contributed by atoms with van der Waals surface area (Å²) in [4.78, 5) is 23.0. The lowest BCUT2D eigenvalue weighted by Crippen LogP contribution is -2.42. The number of carbonyl (C=O) groups is 2. The number of nitrogens with one attached hydrogen (secondary N) is 1. The van der Waals surface area contributed by atoms with Gasteiger partial charge < -0.3 is 19.7 Å². The Balaban J connectivity index is 2.81. The van der Waals surface area contributed by atoms with E-state index in [1.54, 1.807) is 7.05 Å². The molecule has 1 unspecified atom stereocenters. The molecule has 1 aromatic heterocycles. The normalized spacial score (nSPS) is 12.2. The van der Waals surface area contributed by atoms with Crippen molar-refractivity contribution in [2.75, 3.05) is 13.7 Å². The highest BCUT2D eigenvalue weighted by molar-refractivity contribution is 6.41. The molecule has 1 heterocycles. The minimum Gasteiger partial charge on any atom is -0.480 e. The molecule has 1 rings (SSSR count). The SMILES string of the molecule is COCCC(NC(=O)c1cc(Cl)c(Cl)n1C)C(=O)O. The van der Waals surface area contributed by atoms with E-state index in [-0.39, 0.29) is 28.9 Å². The quantitative estimate of drug-likeness (QED) is 0.835. The van der Waals surface area contributed by atoms with E-state index in [4.69, 9.17) is 33.0 Å². The van der Waals surface area contributed by atoms with Crippen LogP contribution in [-0.2, 0) is 16.6 Å². The summed E-state index contributed by atoms with van der Waals surface area (Å²) in [7, 11) is 3.02. The number of ether oxygens (including phenoxy) is 1. The fourth-order valence-corrected chi connectivity index (χ4v) is 1.86. The van der Waals surface area contributed by atoms with Gasteiger partial charge in [0.2, 0.25) is 0 Å². The van der Waals surface area contributed by atoms with Crippen molar-refractivity contribution in [3.8, 4) is 0 Å². The summed E-state index contributed by atoms with van der Waals surface area (Å²) >= 11 is 11.6. The molecular weight excluding hydrogens is 295 g/mol. The summed E-state index contributed by atoms with van der Waals surface area (Å²) in [6, 6.07) is 0.356. The number of aromatic nitrogens is 1. The van der Waals surface area contributed by atoms with Crippen LogP contribution in [0.4, 0.5) is 0 Å². The number of halogens is 2. The third-order valence-electron chi connectivity index (χ3n) is 2.56. The number of aliphatic carboxylic acids is 1. The van der Waals surface area contributed by atoms with Crippen LogP contribution in [0.5, 0.6) is 0 Å². The third kappa shape index (κ3) is 3.86. The zero-order valence-electron chi connectivity index (χ0n) is 10.4. The van der Waals surface area contributed by atoms with Crippen molar-refractivity contribution in [2.45, 2.75) is 12.5 Å². The number of hydrogen-bond donors (Lipinski definition) is 2. The number of carboxylic acid groups (broad SMARTS) is 1. The van der Waals surface area contributed by atoms with E-state index in [1.807, 2.05) is 0 Å². The van der Waals surface area contributed by atoms with Crippen LogP contribution in [0.25, 0.3) is 0 Å². The van der Waals surface area contributed by atoms with Gasteiger partial charge in [0.05, 0.1) is 5.02 Å². The van der Waals surface area contributed by atoms with Gasteiger partial charge in [0.1, 0.15) is 16.9 Å². The Morgan fingerprint density at radius 2 is 2.16 bits per heavy atom. The van der Waals surface area contributed by atoms with Gasteiger partial charge in [-0.15, -0.1) is 0 Å². The maximum Gasteiger partial charge on any atom is 0.326 e. The highest BCUT2D eigenvalue weighted by Gasteiger charge is 2.23. The van der Waals surface area contributed by atoms with Crippen LogP contribution < -0.4 is 5.32 Å². The number of nitrogens with zero attached hydrogens (tertiary/aromatic N) is 1. The van der Waals surface area contributed by atoms with Crippen LogP contribution in [0.3, 0.4) is 0 Å². The second kappa shape index (κ2) is 6.79. The lowest BCUT2D eigenvalue weighted by atomic mass is 10.2. The maximum atomic E-state index is 12.0. The number of hydrogen-bond acceptors (Lipinski definition) is 3. The van der Waals surface area contributed by atoms with E-state index in [0.29, 0.717) is 0 Å². The molecule has 0 aliphatic rings. The second-order valence-corrected chi connectivity index (χ2v) is 4.64. The highest BCUT2D eigenvalue weighted by Crippen LogP contribution is 2.25. The second-order valence-electron chi connectivity index (χ2n) is 3.87. The van der Waals surface area contributed by atoms with E-state index in [2.05, 4.69) is 5.32 Å². The first-order valence-electron chi connectivity index (χ1n) is 5.41. The van der Waals surface area contributed by atoms with Gasteiger partial charge in [-0.05, 0) is 6.07 Å². The summed E-state index contributed by atoms with van der Waals surface area (Å²) < 4.78 is 6.18. The minimum atomic E-state index is -1.13. The van der Waals surface area contributed by atoms with Crippen LogP contribution in [-0.4, -0.2) is 41.3 Å². The van der Waals surface area contributed by atoms with Gasteiger partial charge in [-0.1, -0.05) is 23.2 Å². The standard InChI is InChI=1S/C11H14Cl2N2O4/c1-15-8(5-6(12)9(15)13)10(16)14-7(11(17)18)3-4-19-2/h5,7H,3-4H2,1-2H3,(H,14,16)(H,17,18). The molecule has 1 aromatic rings. The van der Waals surface area contributed by atoms with Gasteiger partial charge in [0.25, 0.3) is 5.91 Å². The van der Waals surface area contributed by atoms with E-state index in [1.165, 1.54) is 17.7 Å². The maximum absolute atomic E-state index is 12.0. The summed E-state index contributed by atoms with van der Waals surface area (Å²) in [5, 5.41) is 11.8. The first kappa shape index (κ1) is 15.8. The number of amides is 1. The molecule has 1 amide bonds. The Hall–Kier alpha value is -1.24. The molecule has 2 N–H and O–H groups in total. The van der Waals surface area contributed by atoms with E-state index < -0.39 is 17.9 Å². The first-order valence-corrected chi connectivity index (χ1v) is 6.17. The van der Waals surface area contributed by atoms with Crippen molar-refractivity contribution in [1.82, 2.24) is 9.88 Å². The van der Waals surface area contributed by atoms with Crippen molar-refractivity contribution in [3.05, 3.63) is 21.9 Å². The molecule has 0 saturated carbocycles. The molecule has 0 aliphatic carbocycles. The average molecular weight is 309 g/mol. The largest absolute Gasteiger partial charge is 0.480 e.